The average molecular weight is 255 g/mol. The van der Waals surface area contributed by atoms with Crippen LogP contribution in [0.1, 0.15) is 24.8 Å². The number of hydrogen-bond donors (Lipinski definition) is 1. The van der Waals surface area contributed by atoms with E-state index in [1.54, 1.807) is 0 Å². The fourth-order valence-electron chi connectivity index (χ4n) is 2.67. The second kappa shape index (κ2) is 6.25. The zero-order valence-electron chi connectivity index (χ0n) is 10.4. The number of aliphatic hydroxyl groups is 1. The summed E-state index contributed by atoms with van der Waals surface area (Å²) in [5.41, 5.74) is 0.678. The highest BCUT2D eigenvalue weighted by Gasteiger charge is 2.19. The van der Waals surface area contributed by atoms with E-state index in [0.29, 0.717) is 18.0 Å². The van der Waals surface area contributed by atoms with E-state index in [9.17, 15) is 8.78 Å². The third kappa shape index (κ3) is 3.75. The summed E-state index contributed by atoms with van der Waals surface area (Å²) in [4.78, 5) is 2.21. The molecule has 18 heavy (non-hydrogen) atoms. The Balaban J connectivity index is 1.95. The van der Waals surface area contributed by atoms with Crippen LogP contribution in [0.2, 0.25) is 0 Å². The second-order valence-corrected chi connectivity index (χ2v) is 5.03. The molecule has 1 heterocycles. The third-order valence-corrected chi connectivity index (χ3v) is 3.47. The quantitative estimate of drug-likeness (QED) is 0.893. The zero-order valence-corrected chi connectivity index (χ0v) is 10.4. The van der Waals surface area contributed by atoms with E-state index in [0.717, 1.165) is 38.4 Å². The molecule has 100 valence electrons. The van der Waals surface area contributed by atoms with Gasteiger partial charge in [-0.3, -0.25) is 4.90 Å². The highest BCUT2D eigenvalue weighted by molar-refractivity contribution is 5.17. The van der Waals surface area contributed by atoms with Crippen LogP contribution >= 0.6 is 0 Å². The van der Waals surface area contributed by atoms with E-state index in [2.05, 4.69) is 4.90 Å². The summed E-state index contributed by atoms with van der Waals surface area (Å²) in [7, 11) is 0. The first-order valence-electron chi connectivity index (χ1n) is 6.45. The lowest BCUT2D eigenvalue weighted by molar-refractivity contribution is 0.142. The summed E-state index contributed by atoms with van der Waals surface area (Å²) in [6.07, 6.45) is 3.03. The van der Waals surface area contributed by atoms with Crippen molar-refractivity contribution in [1.82, 2.24) is 4.90 Å². The van der Waals surface area contributed by atoms with Gasteiger partial charge in [0.15, 0.2) is 0 Å². The molecule has 0 saturated carbocycles. The van der Waals surface area contributed by atoms with Gasteiger partial charge in [0.25, 0.3) is 0 Å². The topological polar surface area (TPSA) is 23.5 Å². The highest BCUT2D eigenvalue weighted by Crippen LogP contribution is 2.21. The van der Waals surface area contributed by atoms with Crippen molar-refractivity contribution in [1.29, 1.82) is 0 Å². The van der Waals surface area contributed by atoms with Crippen molar-refractivity contribution in [2.45, 2.75) is 25.8 Å². The lowest BCUT2D eigenvalue weighted by atomic mass is 9.95. The summed E-state index contributed by atoms with van der Waals surface area (Å²) < 4.78 is 26.2. The Labute approximate surface area is 106 Å². The van der Waals surface area contributed by atoms with Crippen LogP contribution in [0.25, 0.3) is 0 Å². The Kier molecular flexibility index (Phi) is 4.66. The molecule has 0 aromatic heterocycles. The molecular weight excluding hydrogens is 236 g/mol. The maximum absolute atomic E-state index is 13.1. The van der Waals surface area contributed by atoms with Crippen molar-refractivity contribution in [3.63, 3.8) is 0 Å². The number of nitrogens with zero attached hydrogens (tertiary/aromatic N) is 1. The minimum Gasteiger partial charge on any atom is -0.396 e. The third-order valence-electron chi connectivity index (χ3n) is 3.47. The average Bonchev–Trinajstić information content (AvgIpc) is 2.28. The summed E-state index contributed by atoms with van der Waals surface area (Å²) in [5.74, 6) is -0.537. The molecule has 1 aromatic rings. The number of benzene rings is 1. The van der Waals surface area contributed by atoms with Gasteiger partial charge in [-0.2, -0.15) is 0 Å². The molecule has 2 nitrogen and oxygen atoms in total. The van der Waals surface area contributed by atoms with E-state index >= 15 is 0 Å². The van der Waals surface area contributed by atoms with Crippen molar-refractivity contribution in [2.75, 3.05) is 19.7 Å². The number of halogens is 2. The maximum Gasteiger partial charge on any atom is 0.126 e. The van der Waals surface area contributed by atoms with Gasteiger partial charge in [-0.05, 0) is 49.4 Å². The minimum atomic E-state index is -0.520. The molecule has 1 fully saturated rings. The Morgan fingerprint density at radius 2 is 1.94 bits per heavy atom. The van der Waals surface area contributed by atoms with Gasteiger partial charge in [0.05, 0.1) is 0 Å². The molecular formula is C14H19F2NO. The molecule has 2 rings (SSSR count). The first-order chi connectivity index (χ1) is 8.67. The lowest BCUT2D eigenvalue weighted by Crippen LogP contribution is -2.35. The summed E-state index contributed by atoms with van der Waals surface area (Å²) in [6, 6.07) is 3.67. The lowest BCUT2D eigenvalue weighted by Gasteiger charge is -2.32. The van der Waals surface area contributed by atoms with Crippen molar-refractivity contribution in [2.24, 2.45) is 5.92 Å². The molecule has 1 atom stereocenters. The van der Waals surface area contributed by atoms with Crippen LogP contribution in [-0.2, 0) is 6.54 Å². The summed E-state index contributed by atoms with van der Waals surface area (Å²) in [6.45, 7) is 2.66. The molecule has 1 aromatic carbocycles. The van der Waals surface area contributed by atoms with E-state index in [4.69, 9.17) is 5.11 Å². The smallest absolute Gasteiger partial charge is 0.126 e. The van der Waals surface area contributed by atoms with Crippen molar-refractivity contribution in [3.8, 4) is 0 Å². The first kappa shape index (κ1) is 13.4. The van der Waals surface area contributed by atoms with Crippen LogP contribution in [0.5, 0.6) is 0 Å². The Morgan fingerprint density at radius 1 is 1.22 bits per heavy atom. The number of hydrogen-bond acceptors (Lipinski definition) is 2. The SMILES string of the molecule is OCCC1CCCN(Cc2cc(F)cc(F)c2)C1. The van der Waals surface area contributed by atoms with Crippen molar-refractivity contribution >= 4 is 0 Å². The Hall–Kier alpha value is -1.00. The molecule has 0 amide bonds. The fraction of sp³-hybridized carbons (Fsp3) is 0.571. The summed E-state index contributed by atoms with van der Waals surface area (Å²) in [5, 5.41) is 8.95. The van der Waals surface area contributed by atoms with Gasteiger partial charge in [0, 0.05) is 25.8 Å². The van der Waals surface area contributed by atoms with Gasteiger partial charge >= 0.3 is 0 Å². The molecule has 1 N–H and O–H groups in total. The number of piperidine rings is 1. The largest absolute Gasteiger partial charge is 0.396 e. The molecule has 0 bridgehead atoms. The van der Waals surface area contributed by atoms with Gasteiger partial charge in [-0.25, -0.2) is 8.78 Å². The highest BCUT2D eigenvalue weighted by atomic mass is 19.1. The van der Waals surface area contributed by atoms with Crippen LogP contribution in [0.15, 0.2) is 18.2 Å². The molecule has 1 unspecified atom stereocenters. The Bertz CT molecular complexity index is 375. The van der Waals surface area contributed by atoms with Gasteiger partial charge in [-0.15, -0.1) is 0 Å². The van der Waals surface area contributed by atoms with E-state index < -0.39 is 11.6 Å². The molecule has 1 aliphatic rings. The van der Waals surface area contributed by atoms with Crippen LogP contribution < -0.4 is 0 Å². The summed E-state index contributed by atoms with van der Waals surface area (Å²) >= 11 is 0. The van der Waals surface area contributed by atoms with Crippen LogP contribution in [0.3, 0.4) is 0 Å². The number of aliphatic hydroxyl groups excluding tert-OH is 1. The molecule has 0 radical (unpaired) electrons. The van der Waals surface area contributed by atoms with Crippen LogP contribution in [-0.4, -0.2) is 29.7 Å². The number of rotatable bonds is 4. The minimum absolute atomic E-state index is 0.215. The second-order valence-electron chi connectivity index (χ2n) is 5.03. The zero-order chi connectivity index (χ0) is 13.0. The molecule has 1 saturated heterocycles. The van der Waals surface area contributed by atoms with Crippen molar-refractivity contribution < 1.29 is 13.9 Å². The predicted octanol–water partition coefficient (Wildman–Crippen LogP) is 2.56. The van der Waals surface area contributed by atoms with Gasteiger partial charge in [0.1, 0.15) is 11.6 Å². The molecule has 0 aliphatic carbocycles. The van der Waals surface area contributed by atoms with Gasteiger partial charge in [-0.1, -0.05) is 0 Å². The maximum atomic E-state index is 13.1. The van der Waals surface area contributed by atoms with Crippen molar-refractivity contribution in [3.05, 3.63) is 35.4 Å². The van der Waals surface area contributed by atoms with Gasteiger partial charge in [0.2, 0.25) is 0 Å². The Morgan fingerprint density at radius 3 is 2.61 bits per heavy atom. The van der Waals surface area contributed by atoms with E-state index in [-0.39, 0.29) is 6.61 Å². The van der Waals surface area contributed by atoms with Gasteiger partial charge < -0.3 is 5.11 Å². The first-order valence-corrected chi connectivity index (χ1v) is 6.45. The predicted molar refractivity (Wildman–Crippen MR) is 66.1 cm³/mol. The van der Waals surface area contributed by atoms with Crippen LogP contribution in [0, 0.1) is 17.6 Å². The molecule has 4 heteroatoms. The number of likely N-dealkylation sites (tertiary alicyclic amines) is 1. The monoisotopic (exact) mass is 255 g/mol. The molecule has 0 spiro atoms. The van der Waals surface area contributed by atoms with Crippen LogP contribution in [0.4, 0.5) is 8.78 Å². The fourth-order valence-corrected chi connectivity index (χ4v) is 2.67. The normalized spacial score (nSPS) is 21.2. The van der Waals surface area contributed by atoms with E-state index in [1.165, 1.54) is 12.1 Å². The standard InChI is InChI=1S/C14H19F2NO/c15-13-6-12(7-14(16)8-13)10-17-4-1-2-11(9-17)3-5-18/h6-8,11,18H,1-5,9-10H2. The van der Waals surface area contributed by atoms with E-state index in [1.807, 2.05) is 0 Å². The molecule has 1 aliphatic heterocycles.